The van der Waals surface area contributed by atoms with Crippen molar-refractivity contribution in [1.82, 2.24) is 9.88 Å². The summed E-state index contributed by atoms with van der Waals surface area (Å²) in [5.41, 5.74) is 3.73. The minimum Gasteiger partial charge on any atom is -0.326 e. The highest BCUT2D eigenvalue weighted by atomic mass is 32.2. The Hall–Kier alpha value is -1.79. The van der Waals surface area contributed by atoms with Crippen molar-refractivity contribution in [2.75, 3.05) is 30.7 Å². The Balaban J connectivity index is 1.49. The molecule has 0 saturated carbocycles. The maximum absolute atomic E-state index is 12.3. The molecule has 5 nitrogen and oxygen atoms in total. The number of carbonyl (C=O) groups excluding carboxylic acids is 1. The van der Waals surface area contributed by atoms with Gasteiger partial charge in [-0.1, -0.05) is 6.42 Å². The first-order valence-corrected chi connectivity index (χ1v) is 10.6. The summed E-state index contributed by atoms with van der Waals surface area (Å²) in [7, 11) is 0. The third kappa shape index (κ3) is 3.81. The van der Waals surface area contributed by atoms with Crippen LogP contribution < -0.4 is 10.9 Å². The maximum atomic E-state index is 12.3. The van der Waals surface area contributed by atoms with Crippen LogP contribution in [0.3, 0.4) is 0 Å². The van der Waals surface area contributed by atoms with E-state index in [0.717, 1.165) is 65.3 Å². The van der Waals surface area contributed by atoms with Gasteiger partial charge in [0.2, 0.25) is 5.91 Å². The number of benzene rings is 1. The number of pyridine rings is 1. The Morgan fingerprint density at radius 2 is 2.04 bits per heavy atom. The van der Waals surface area contributed by atoms with E-state index in [-0.39, 0.29) is 11.5 Å². The number of anilines is 1. The average Bonchev–Trinajstić information content (AvgIpc) is 2.68. The number of piperidine rings is 1. The average molecular weight is 372 g/mol. The number of hydrogen-bond acceptors (Lipinski definition) is 4. The molecular formula is C20H25N3O2S. The van der Waals surface area contributed by atoms with Crippen molar-refractivity contribution in [2.24, 2.45) is 0 Å². The second kappa shape index (κ2) is 7.84. The van der Waals surface area contributed by atoms with Gasteiger partial charge < -0.3 is 15.2 Å². The van der Waals surface area contributed by atoms with Crippen LogP contribution in [0, 0.1) is 0 Å². The molecule has 0 unspecified atom stereocenters. The molecule has 0 aliphatic carbocycles. The van der Waals surface area contributed by atoms with Crippen LogP contribution in [0.5, 0.6) is 0 Å². The first-order valence-electron chi connectivity index (χ1n) is 9.48. The highest BCUT2D eigenvalue weighted by Crippen LogP contribution is 2.29. The van der Waals surface area contributed by atoms with Gasteiger partial charge >= 0.3 is 0 Å². The fraction of sp³-hybridized carbons (Fsp3) is 0.500. The molecule has 1 fully saturated rings. The SMILES string of the molecule is O=C(CCN1CCCCC1)Nc1ccc2[nH]c(=O)c3c(c2c1)CCSC3. The quantitative estimate of drug-likeness (QED) is 0.867. The number of carbonyl (C=O) groups is 1. The first-order chi connectivity index (χ1) is 12.7. The van der Waals surface area contributed by atoms with E-state index in [4.69, 9.17) is 0 Å². The molecule has 2 N–H and O–H groups in total. The van der Waals surface area contributed by atoms with E-state index < -0.39 is 0 Å². The summed E-state index contributed by atoms with van der Waals surface area (Å²) < 4.78 is 0. The summed E-state index contributed by atoms with van der Waals surface area (Å²) in [5, 5.41) is 4.10. The summed E-state index contributed by atoms with van der Waals surface area (Å²) in [4.78, 5) is 29.9. The normalized spacial score (nSPS) is 17.8. The highest BCUT2D eigenvalue weighted by molar-refractivity contribution is 7.98. The number of aromatic nitrogens is 1. The lowest BCUT2D eigenvalue weighted by Gasteiger charge is -2.26. The van der Waals surface area contributed by atoms with Gasteiger partial charge in [0.25, 0.3) is 5.56 Å². The molecule has 1 aromatic carbocycles. The van der Waals surface area contributed by atoms with E-state index in [2.05, 4.69) is 15.2 Å². The monoisotopic (exact) mass is 371 g/mol. The molecule has 0 spiro atoms. The Bertz CT molecular complexity index is 871. The van der Waals surface area contributed by atoms with E-state index in [1.54, 1.807) is 11.8 Å². The van der Waals surface area contributed by atoms with E-state index in [9.17, 15) is 9.59 Å². The predicted molar refractivity (Wildman–Crippen MR) is 108 cm³/mol. The topological polar surface area (TPSA) is 65.2 Å². The predicted octanol–water partition coefficient (Wildman–Crippen LogP) is 3.13. The molecule has 2 aliphatic heterocycles. The zero-order chi connectivity index (χ0) is 17.9. The second-order valence-corrected chi connectivity index (χ2v) is 8.28. The van der Waals surface area contributed by atoms with Crippen LogP contribution in [0.1, 0.15) is 36.8 Å². The largest absolute Gasteiger partial charge is 0.326 e. The minimum absolute atomic E-state index is 0.0259. The van der Waals surface area contributed by atoms with Crippen molar-refractivity contribution >= 4 is 34.3 Å². The number of aryl methyl sites for hydroxylation is 1. The molecule has 0 atom stereocenters. The van der Waals surface area contributed by atoms with Crippen LogP contribution in [0.4, 0.5) is 5.69 Å². The Morgan fingerprint density at radius 3 is 2.88 bits per heavy atom. The summed E-state index contributed by atoms with van der Waals surface area (Å²) in [5.74, 6) is 1.87. The standard InChI is InChI=1S/C20H25N3O2S/c24-19(6-10-23-8-2-1-3-9-23)21-14-4-5-18-16(12-14)15-7-11-26-13-17(15)20(25)22-18/h4-5,12H,1-3,6-11,13H2,(H,21,24)(H,22,25). The zero-order valence-corrected chi connectivity index (χ0v) is 15.8. The van der Waals surface area contributed by atoms with Crippen molar-refractivity contribution in [3.63, 3.8) is 0 Å². The fourth-order valence-corrected chi connectivity index (χ4v) is 4.93. The number of nitrogens with zero attached hydrogens (tertiary/aromatic N) is 1. The number of H-pyrrole nitrogens is 1. The van der Waals surface area contributed by atoms with Crippen LogP contribution in [-0.2, 0) is 17.0 Å². The number of aromatic amines is 1. The van der Waals surface area contributed by atoms with Crippen LogP contribution >= 0.6 is 11.8 Å². The van der Waals surface area contributed by atoms with Gasteiger partial charge in [0.1, 0.15) is 0 Å². The number of rotatable bonds is 4. The van der Waals surface area contributed by atoms with Crippen molar-refractivity contribution < 1.29 is 4.79 Å². The van der Waals surface area contributed by atoms with E-state index in [1.165, 1.54) is 19.3 Å². The van der Waals surface area contributed by atoms with E-state index >= 15 is 0 Å². The van der Waals surface area contributed by atoms with Gasteiger partial charge in [-0.15, -0.1) is 0 Å². The zero-order valence-electron chi connectivity index (χ0n) is 15.0. The van der Waals surface area contributed by atoms with Crippen molar-refractivity contribution in [3.8, 4) is 0 Å². The van der Waals surface area contributed by atoms with Crippen LogP contribution in [-0.4, -0.2) is 41.2 Å². The highest BCUT2D eigenvalue weighted by Gasteiger charge is 2.17. The molecule has 2 aromatic rings. The molecule has 0 bridgehead atoms. The van der Waals surface area contributed by atoms with Gasteiger partial charge in [-0.3, -0.25) is 9.59 Å². The third-order valence-electron chi connectivity index (χ3n) is 5.36. The number of likely N-dealkylation sites (tertiary alicyclic amines) is 1. The summed E-state index contributed by atoms with van der Waals surface area (Å²) >= 11 is 1.80. The van der Waals surface area contributed by atoms with E-state index in [0.29, 0.717) is 6.42 Å². The Morgan fingerprint density at radius 1 is 1.19 bits per heavy atom. The van der Waals surface area contributed by atoms with Gasteiger partial charge in [0.15, 0.2) is 0 Å². The van der Waals surface area contributed by atoms with Gasteiger partial charge in [0.05, 0.1) is 0 Å². The molecule has 138 valence electrons. The van der Waals surface area contributed by atoms with Gasteiger partial charge in [-0.2, -0.15) is 11.8 Å². The van der Waals surface area contributed by atoms with Crippen LogP contribution in [0.2, 0.25) is 0 Å². The van der Waals surface area contributed by atoms with Gasteiger partial charge in [-0.05, 0) is 61.9 Å². The smallest absolute Gasteiger partial charge is 0.252 e. The maximum Gasteiger partial charge on any atom is 0.252 e. The lowest BCUT2D eigenvalue weighted by molar-refractivity contribution is -0.116. The number of amides is 1. The molecule has 1 aromatic heterocycles. The van der Waals surface area contributed by atoms with Gasteiger partial charge in [0, 0.05) is 40.9 Å². The lowest BCUT2D eigenvalue weighted by atomic mass is 10.0. The molecule has 1 saturated heterocycles. The minimum atomic E-state index is 0.0259. The number of fused-ring (bicyclic) bond motifs is 3. The summed E-state index contributed by atoms with van der Waals surface area (Å²) in [6.45, 7) is 3.06. The number of thioether (sulfide) groups is 1. The van der Waals surface area contributed by atoms with Crippen LogP contribution in [0.15, 0.2) is 23.0 Å². The number of nitrogens with one attached hydrogen (secondary N) is 2. The van der Waals surface area contributed by atoms with E-state index in [1.807, 2.05) is 18.2 Å². The molecule has 4 rings (SSSR count). The van der Waals surface area contributed by atoms with Gasteiger partial charge in [-0.25, -0.2) is 0 Å². The number of hydrogen-bond donors (Lipinski definition) is 2. The molecule has 2 aliphatic rings. The lowest BCUT2D eigenvalue weighted by Crippen LogP contribution is -2.32. The third-order valence-corrected chi connectivity index (χ3v) is 6.35. The second-order valence-electron chi connectivity index (χ2n) is 7.17. The molecular weight excluding hydrogens is 346 g/mol. The van der Waals surface area contributed by atoms with Crippen LogP contribution in [0.25, 0.3) is 10.9 Å². The summed E-state index contributed by atoms with van der Waals surface area (Å²) in [6.07, 6.45) is 5.23. The first kappa shape index (κ1) is 17.6. The summed E-state index contributed by atoms with van der Waals surface area (Å²) in [6, 6.07) is 5.79. The van der Waals surface area contributed by atoms with Crippen molar-refractivity contribution in [3.05, 3.63) is 39.7 Å². The Labute approximate surface area is 157 Å². The van der Waals surface area contributed by atoms with Crippen molar-refractivity contribution in [2.45, 2.75) is 37.9 Å². The molecule has 6 heteroatoms. The Kier molecular flexibility index (Phi) is 5.31. The molecule has 0 radical (unpaired) electrons. The van der Waals surface area contributed by atoms with Crippen molar-refractivity contribution in [1.29, 1.82) is 0 Å². The fourth-order valence-electron chi connectivity index (χ4n) is 3.93. The molecule has 1 amide bonds. The molecule has 3 heterocycles. The molecule has 26 heavy (non-hydrogen) atoms.